The van der Waals surface area contributed by atoms with Crippen LogP contribution < -0.4 is 5.73 Å². The zero-order valence-electron chi connectivity index (χ0n) is 13.9. The first kappa shape index (κ1) is 20.5. The molecule has 8 heteroatoms. The number of nitrogens with two attached hydrogens (primary N) is 1. The second-order valence-corrected chi connectivity index (χ2v) is 7.11. The minimum Gasteiger partial charge on any atom is -0.512 e. The van der Waals surface area contributed by atoms with Crippen molar-refractivity contribution in [2.45, 2.75) is 31.9 Å². The molecule has 1 atom stereocenters. The smallest absolute Gasteiger partial charge is 0.392 e. The van der Waals surface area contributed by atoms with E-state index in [0.717, 1.165) is 16.3 Å². The van der Waals surface area contributed by atoms with Crippen molar-refractivity contribution in [3.8, 4) is 0 Å². The van der Waals surface area contributed by atoms with E-state index in [1.807, 2.05) is 12.2 Å². The molecule has 0 fully saturated rings. The summed E-state index contributed by atoms with van der Waals surface area (Å²) >= 11 is 3.43. The lowest BCUT2D eigenvalue weighted by Gasteiger charge is -2.18. The Balaban J connectivity index is 2.25. The highest BCUT2D eigenvalue weighted by atomic mass is 79.9. The Bertz CT molecular complexity index is 731. The minimum absolute atomic E-state index is 0.0282. The van der Waals surface area contributed by atoms with Gasteiger partial charge in [-0.3, -0.25) is 4.99 Å². The zero-order chi connectivity index (χ0) is 19.3. The molecular weight excluding hydrogens is 413 g/mol. The maximum atomic E-state index is 12.3. The zero-order valence-corrected chi connectivity index (χ0v) is 15.5. The molecule has 0 saturated heterocycles. The van der Waals surface area contributed by atoms with Crippen LogP contribution in [0.3, 0.4) is 0 Å². The lowest BCUT2D eigenvalue weighted by Crippen LogP contribution is -2.11. The molecule has 4 N–H and O–H groups in total. The van der Waals surface area contributed by atoms with E-state index in [4.69, 9.17) is 5.73 Å². The fourth-order valence-corrected chi connectivity index (χ4v) is 3.35. The lowest BCUT2D eigenvalue weighted by atomic mass is 9.91. The van der Waals surface area contributed by atoms with E-state index < -0.39 is 19.2 Å². The van der Waals surface area contributed by atoms with Crippen LogP contribution in [0.1, 0.15) is 25.7 Å². The summed E-state index contributed by atoms with van der Waals surface area (Å²) in [5.74, 6) is 0.0384. The summed E-state index contributed by atoms with van der Waals surface area (Å²) in [5, 5.41) is 20.2. The van der Waals surface area contributed by atoms with Gasteiger partial charge in [-0.05, 0) is 28.8 Å². The van der Waals surface area contributed by atoms with Crippen molar-refractivity contribution in [3.05, 3.63) is 57.6 Å². The van der Waals surface area contributed by atoms with Crippen LogP contribution in [-0.4, -0.2) is 28.7 Å². The second-order valence-electron chi connectivity index (χ2n) is 6.09. The number of fused-ring (bicyclic) bond motifs is 1. The summed E-state index contributed by atoms with van der Waals surface area (Å²) in [6.45, 7) is -0.390. The van der Waals surface area contributed by atoms with Crippen molar-refractivity contribution in [1.29, 1.82) is 0 Å². The minimum atomic E-state index is -4.29. The van der Waals surface area contributed by atoms with Crippen molar-refractivity contribution < 1.29 is 23.4 Å². The normalized spacial score (nSPS) is 22.0. The highest BCUT2D eigenvalue weighted by Gasteiger charge is 2.27. The summed E-state index contributed by atoms with van der Waals surface area (Å²) in [4.78, 5) is 4.46. The molecule has 2 aliphatic rings. The maximum Gasteiger partial charge on any atom is 0.392 e. The Hall–Kier alpha value is -1.80. The van der Waals surface area contributed by atoms with E-state index in [-0.39, 0.29) is 18.1 Å². The molecule has 4 nitrogen and oxygen atoms in total. The van der Waals surface area contributed by atoms with Gasteiger partial charge in [0.25, 0.3) is 0 Å². The maximum absolute atomic E-state index is 12.3. The van der Waals surface area contributed by atoms with E-state index in [9.17, 15) is 23.4 Å². The molecular formula is C18H20BrF3N2O2. The number of alkyl halides is 3. The number of nitrogens with zero attached hydrogens (tertiary/aromatic N) is 1. The molecule has 2 rings (SSSR count). The first-order valence-corrected chi connectivity index (χ1v) is 8.83. The van der Waals surface area contributed by atoms with Gasteiger partial charge in [0.1, 0.15) is 0 Å². The molecule has 0 aromatic rings. The van der Waals surface area contributed by atoms with Crippen LogP contribution in [0.4, 0.5) is 13.2 Å². The van der Waals surface area contributed by atoms with Crippen LogP contribution in [0.5, 0.6) is 0 Å². The van der Waals surface area contributed by atoms with Crippen molar-refractivity contribution in [3.63, 3.8) is 0 Å². The molecule has 1 heterocycles. The fourth-order valence-electron chi connectivity index (χ4n) is 2.83. The number of halogens is 4. The molecule has 0 bridgehead atoms. The molecule has 0 amide bonds. The molecule has 1 aliphatic heterocycles. The molecule has 0 radical (unpaired) electrons. The third-order valence-electron chi connectivity index (χ3n) is 4.12. The number of hydrogen-bond acceptors (Lipinski definition) is 4. The number of aliphatic hydroxyl groups is 2. The van der Waals surface area contributed by atoms with Gasteiger partial charge in [0, 0.05) is 30.0 Å². The van der Waals surface area contributed by atoms with Crippen molar-refractivity contribution in [1.82, 2.24) is 0 Å². The van der Waals surface area contributed by atoms with E-state index in [1.165, 1.54) is 12.3 Å². The average molecular weight is 433 g/mol. The van der Waals surface area contributed by atoms with Crippen LogP contribution in [0.2, 0.25) is 0 Å². The van der Waals surface area contributed by atoms with Crippen LogP contribution >= 0.6 is 15.9 Å². The molecule has 142 valence electrons. The van der Waals surface area contributed by atoms with Crippen molar-refractivity contribution in [2.24, 2.45) is 16.6 Å². The molecule has 26 heavy (non-hydrogen) atoms. The SMILES string of the molecule is N/C=C(\C=C/CC(F)(F)F)CC1=C(O)CC2CC(Br)=CC=C2N=C1CO. The number of hydrogen-bond donors (Lipinski definition) is 3. The number of aliphatic hydroxyl groups excluding tert-OH is 2. The van der Waals surface area contributed by atoms with Gasteiger partial charge in [-0.25, -0.2) is 0 Å². The number of allylic oxidation sites excluding steroid dienone is 8. The number of rotatable bonds is 5. The Kier molecular flexibility index (Phi) is 6.88. The molecule has 0 saturated carbocycles. The lowest BCUT2D eigenvalue weighted by molar-refractivity contribution is -0.125. The van der Waals surface area contributed by atoms with E-state index in [1.54, 1.807) is 0 Å². The topological polar surface area (TPSA) is 78.8 Å². The molecule has 1 aliphatic carbocycles. The third-order valence-corrected chi connectivity index (χ3v) is 4.71. The van der Waals surface area contributed by atoms with Crippen LogP contribution in [0.15, 0.2) is 62.6 Å². The monoisotopic (exact) mass is 432 g/mol. The number of aliphatic imine (C=N–C) groups is 1. The predicted octanol–water partition coefficient (Wildman–Crippen LogP) is 4.56. The van der Waals surface area contributed by atoms with Crippen LogP contribution in [0.25, 0.3) is 0 Å². The summed E-state index contributed by atoms with van der Waals surface area (Å²) < 4.78 is 37.8. The van der Waals surface area contributed by atoms with Gasteiger partial charge in [-0.15, -0.1) is 0 Å². The standard InChI is InChI=1S/C18H20BrF3N2O2/c19-13-3-4-15-12(7-13)8-17(26)14(16(10-25)24-15)6-11(9-23)2-1-5-18(20,21)22/h1-4,9,12,25-26H,5-8,10,23H2/b2-1-,11-9+. The highest BCUT2D eigenvalue weighted by Crippen LogP contribution is 2.37. The molecule has 1 unspecified atom stereocenters. The quantitative estimate of drug-likeness (QED) is 0.557. The summed E-state index contributed by atoms with van der Waals surface area (Å²) in [7, 11) is 0. The van der Waals surface area contributed by atoms with Gasteiger partial charge < -0.3 is 15.9 Å². The Labute approximate surface area is 158 Å². The van der Waals surface area contributed by atoms with Gasteiger partial charge in [0.2, 0.25) is 0 Å². The Morgan fingerprint density at radius 3 is 2.69 bits per heavy atom. The summed E-state index contributed by atoms with van der Waals surface area (Å²) in [6.07, 6.45) is 2.89. The van der Waals surface area contributed by atoms with E-state index in [0.29, 0.717) is 29.7 Å². The molecule has 0 spiro atoms. The first-order chi connectivity index (χ1) is 12.2. The second kappa shape index (κ2) is 8.73. The van der Waals surface area contributed by atoms with E-state index >= 15 is 0 Å². The van der Waals surface area contributed by atoms with Crippen molar-refractivity contribution in [2.75, 3.05) is 6.61 Å². The predicted molar refractivity (Wildman–Crippen MR) is 98.7 cm³/mol. The van der Waals surface area contributed by atoms with Crippen LogP contribution in [0, 0.1) is 5.92 Å². The third kappa shape index (κ3) is 5.60. The van der Waals surface area contributed by atoms with E-state index in [2.05, 4.69) is 20.9 Å². The molecule has 0 aromatic carbocycles. The summed E-state index contributed by atoms with van der Waals surface area (Å²) in [6, 6.07) is 0. The molecule has 0 aromatic heterocycles. The van der Waals surface area contributed by atoms with Gasteiger partial charge >= 0.3 is 6.18 Å². The summed E-state index contributed by atoms with van der Waals surface area (Å²) in [5.41, 5.74) is 7.36. The fraction of sp³-hybridized carbons (Fsp3) is 0.389. The van der Waals surface area contributed by atoms with Gasteiger partial charge in [0.05, 0.1) is 24.5 Å². The Morgan fingerprint density at radius 1 is 1.35 bits per heavy atom. The van der Waals surface area contributed by atoms with Crippen LogP contribution in [-0.2, 0) is 0 Å². The first-order valence-electron chi connectivity index (χ1n) is 8.03. The van der Waals surface area contributed by atoms with Gasteiger partial charge in [0.15, 0.2) is 0 Å². The highest BCUT2D eigenvalue weighted by molar-refractivity contribution is 9.11. The van der Waals surface area contributed by atoms with Gasteiger partial charge in [-0.2, -0.15) is 13.2 Å². The average Bonchev–Trinajstić information content (AvgIpc) is 2.68. The van der Waals surface area contributed by atoms with Gasteiger partial charge in [-0.1, -0.05) is 34.2 Å². The largest absolute Gasteiger partial charge is 0.512 e. The van der Waals surface area contributed by atoms with Crippen molar-refractivity contribution >= 4 is 21.6 Å². The Morgan fingerprint density at radius 2 is 2.08 bits per heavy atom.